The number of phenolic OH excluding ortho intramolecular Hbond substituents is 1. The van der Waals surface area contributed by atoms with Gasteiger partial charge in [-0.15, -0.1) is 0 Å². The number of aliphatic hydroxyl groups is 1. The Morgan fingerprint density at radius 2 is 1.48 bits per heavy atom. The highest BCUT2D eigenvalue weighted by Gasteiger charge is 2.42. The Balaban J connectivity index is 2.41. The van der Waals surface area contributed by atoms with Crippen LogP contribution in [-0.2, 0) is 32.0 Å². The molecule has 4 amide bonds. The van der Waals surface area contributed by atoms with E-state index in [0.29, 0.717) is 12.8 Å². The zero-order chi connectivity index (χ0) is 32.9. The van der Waals surface area contributed by atoms with Crippen molar-refractivity contribution in [1.82, 2.24) is 26.4 Å². The number of benzene rings is 2. The van der Waals surface area contributed by atoms with E-state index in [-0.39, 0.29) is 24.8 Å². The smallest absolute Gasteiger partial charge is 0.409 e. The van der Waals surface area contributed by atoms with Gasteiger partial charge in [0.1, 0.15) is 11.8 Å². The number of rotatable bonds is 15. The molecule has 0 radical (unpaired) electrons. The van der Waals surface area contributed by atoms with E-state index < -0.39 is 47.7 Å². The third kappa shape index (κ3) is 11.0. The van der Waals surface area contributed by atoms with Gasteiger partial charge in [-0.2, -0.15) is 0 Å². The number of hydrogen-bond donors (Lipinski definition) is 6. The van der Waals surface area contributed by atoms with Crippen LogP contribution in [0.4, 0.5) is 9.59 Å². The third-order valence-electron chi connectivity index (χ3n) is 7.05. The zero-order valence-electron chi connectivity index (χ0n) is 26.1. The normalized spacial score (nSPS) is 13.9. The molecule has 0 fully saturated rings. The SMILES string of the molecule is COC(=O)N[C@H](C(=O)NN(Cc1ccc(O)cc1)C[C@H](CCc1ccccc1)NC(=O)[C@@](O)(NC(=O)OC)C(C)C)C(C)C. The molecule has 0 aliphatic carbocycles. The summed E-state index contributed by atoms with van der Waals surface area (Å²) in [7, 11) is 2.33. The Labute approximate surface area is 258 Å². The minimum atomic E-state index is -2.28. The lowest BCUT2D eigenvalue weighted by Gasteiger charge is -2.35. The zero-order valence-corrected chi connectivity index (χ0v) is 26.1. The van der Waals surface area contributed by atoms with Gasteiger partial charge in [0.05, 0.1) is 14.2 Å². The lowest BCUT2D eigenvalue weighted by Crippen LogP contribution is -2.64. The van der Waals surface area contributed by atoms with Gasteiger partial charge in [-0.3, -0.25) is 20.3 Å². The highest BCUT2D eigenvalue weighted by Crippen LogP contribution is 2.17. The summed E-state index contributed by atoms with van der Waals surface area (Å²) >= 11 is 0. The van der Waals surface area contributed by atoms with E-state index in [1.54, 1.807) is 44.8 Å². The standard InChI is InChI=1S/C31H45N5O8/c1-20(2)26(33-29(40)43-5)27(38)35-36(18-23-13-16-25(37)17-14-23)19-24(15-12-22-10-8-7-9-11-22)32-28(39)31(42,21(3)4)34-30(41)44-6/h7-11,13-14,16-17,20-21,24,26,37,42H,12,15,18-19H2,1-6H3,(H,32,39)(H,33,40)(H,34,41)(H,35,38)/t24-,26-,31+/m0/s1. The van der Waals surface area contributed by atoms with Gasteiger partial charge in [0, 0.05) is 25.0 Å². The van der Waals surface area contributed by atoms with E-state index >= 15 is 0 Å². The number of amides is 4. The molecule has 6 N–H and O–H groups in total. The molecule has 0 heterocycles. The second-order valence-corrected chi connectivity index (χ2v) is 11.1. The van der Waals surface area contributed by atoms with Crippen LogP contribution in [0.2, 0.25) is 0 Å². The molecule has 0 bridgehead atoms. The average Bonchev–Trinajstić information content (AvgIpc) is 2.99. The van der Waals surface area contributed by atoms with E-state index in [0.717, 1.165) is 18.2 Å². The summed E-state index contributed by atoms with van der Waals surface area (Å²) in [4.78, 5) is 50.9. The van der Waals surface area contributed by atoms with Crippen molar-refractivity contribution >= 4 is 24.0 Å². The maximum Gasteiger partial charge on any atom is 0.409 e. The minimum Gasteiger partial charge on any atom is -0.508 e. The molecule has 2 aromatic carbocycles. The maximum atomic E-state index is 13.5. The van der Waals surface area contributed by atoms with Crippen molar-refractivity contribution in [3.63, 3.8) is 0 Å². The molecular formula is C31H45N5O8. The summed E-state index contributed by atoms with van der Waals surface area (Å²) in [5.41, 5.74) is 2.32. The van der Waals surface area contributed by atoms with Gasteiger partial charge in [-0.1, -0.05) is 70.2 Å². The molecule has 0 spiro atoms. The summed E-state index contributed by atoms with van der Waals surface area (Å²) in [6.07, 6.45) is -0.784. The van der Waals surface area contributed by atoms with E-state index in [2.05, 4.69) is 30.8 Å². The molecule has 0 unspecified atom stereocenters. The van der Waals surface area contributed by atoms with Crippen molar-refractivity contribution in [2.75, 3.05) is 20.8 Å². The average molecular weight is 616 g/mol. The van der Waals surface area contributed by atoms with Crippen molar-refractivity contribution in [3.8, 4) is 5.75 Å². The van der Waals surface area contributed by atoms with Crippen LogP contribution in [-0.4, -0.2) is 77.8 Å². The van der Waals surface area contributed by atoms with E-state index in [9.17, 15) is 29.4 Å². The second kappa shape index (κ2) is 17.1. The molecule has 0 saturated carbocycles. The minimum absolute atomic E-state index is 0.0701. The summed E-state index contributed by atoms with van der Waals surface area (Å²) in [5, 5.41) is 30.2. The number of nitrogens with one attached hydrogen (secondary N) is 4. The van der Waals surface area contributed by atoms with Crippen LogP contribution in [0.1, 0.15) is 45.2 Å². The number of alkyl carbamates (subject to hydrolysis) is 2. The molecule has 0 aliphatic rings. The van der Waals surface area contributed by atoms with Crippen LogP contribution in [0.3, 0.4) is 0 Å². The van der Waals surface area contributed by atoms with E-state index in [1.807, 2.05) is 30.3 Å². The number of aryl methyl sites for hydroxylation is 1. The molecule has 3 atom stereocenters. The van der Waals surface area contributed by atoms with Gasteiger partial charge in [-0.25, -0.2) is 14.6 Å². The number of hydrazine groups is 1. The van der Waals surface area contributed by atoms with Gasteiger partial charge in [-0.05, 0) is 42.0 Å². The predicted octanol–water partition coefficient (Wildman–Crippen LogP) is 2.42. The Morgan fingerprint density at radius 3 is 2.02 bits per heavy atom. The van der Waals surface area contributed by atoms with Crippen LogP contribution < -0.4 is 21.4 Å². The number of carbonyl (C=O) groups excluding carboxylic acids is 4. The first-order chi connectivity index (χ1) is 20.8. The number of methoxy groups -OCH3 is 2. The monoisotopic (exact) mass is 615 g/mol. The van der Waals surface area contributed by atoms with Crippen LogP contribution in [0.25, 0.3) is 0 Å². The first-order valence-corrected chi connectivity index (χ1v) is 14.4. The molecule has 44 heavy (non-hydrogen) atoms. The fourth-order valence-corrected chi connectivity index (χ4v) is 4.34. The summed E-state index contributed by atoms with van der Waals surface area (Å²) < 4.78 is 9.30. The fraction of sp³-hybridized carbons (Fsp3) is 0.484. The molecular weight excluding hydrogens is 570 g/mol. The van der Waals surface area contributed by atoms with Crippen LogP contribution in [0.15, 0.2) is 54.6 Å². The quantitative estimate of drug-likeness (QED) is 0.130. The molecule has 13 heteroatoms. The van der Waals surface area contributed by atoms with Crippen molar-refractivity contribution in [2.45, 2.75) is 64.9 Å². The molecule has 2 aromatic rings. The van der Waals surface area contributed by atoms with Gasteiger partial charge in [0.2, 0.25) is 5.72 Å². The number of carbonyl (C=O) groups is 4. The van der Waals surface area contributed by atoms with Crippen molar-refractivity contribution in [3.05, 3.63) is 65.7 Å². The third-order valence-corrected chi connectivity index (χ3v) is 7.05. The second-order valence-electron chi connectivity index (χ2n) is 11.1. The summed E-state index contributed by atoms with van der Waals surface area (Å²) in [6, 6.07) is 14.4. The maximum absolute atomic E-state index is 13.5. The lowest BCUT2D eigenvalue weighted by molar-refractivity contribution is -0.149. The predicted molar refractivity (Wildman–Crippen MR) is 163 cm³/mol. The van der Waals surface area contributed by atoms with Crippen LogP contribution in [0, 0.1) is 11.8 Å². The summed E-state index contributed by atoms with van der Waals surface area (Å²) in [6.45, 7) is 6.93. The number of aromatic hydroxyl groups is 1. The fourth-order valence-electron chi connectivity index (χ4n) is 4.34. The van der Waals surface area contributed by atoms with E-state index in [4.69, 9.17) is 0 Å². The first kappa shape index (κ1) is 35.8. The Hall–Kier alpha value is -4.36. The van der Waals surface area contributed by atoms with E-state index in [1.165, 1.54) is 19.2 Å². The number of nitrogens with zero attached hydrogens (tertiary/aromatic N) is 1. The number of phenols is 1. The molecule has 0 aromatic heterocycles. The Kier molecular flexibility index (Phi) is 13.9. The van der Waals surface area contributed by atoms with Crippen molar-refractivity contribution < 1.29 is 38.9 Å². The first-order valence-electron chi connectivity index (χ1n) is 14.4. The lowest BCUT2D eigenvalue weighted by atomic mass is 9.97. The summed E-state index contributed by atoms with van der Waals surface area (Å²) in [5.74, 6) is -2.29. The van der Waals surface area contributed by atoms with Gasteiger partial charge in [0.15, 0.2) is 0 Å². The Bertz CT molecular complexity index is 1230. The number of hydrogen-bond acceptors (Lipinski definition) is 9. The molecule has 242 valence electrons. The topological polar surface area (TPSA) is 179 Å². The molecule has 0 saturated heterocycles. The van der Waals surface area contributed by atoms with Crippen LogP contribution in [0.5, 0.6) is 5.75 Å². The van der Waals surface area contributed by atoms with Gasteiger partial charge >= 0.3 is 12.2 Å². The van der Waals surface area contributed by atoms with Gasteiger partial charge < -0.3 is 30.3 Å². The molecule has 2 rings (SSSR count). The molecule has 0 aliphatic heterocycles. The van der Waals surface area contributed by atoms with Crippen molar-refractivity contribution in [1.29, 1.82) is 0 Å². The highest BCUT2D eigenvalue weighted by molar-refractivity contribution is 5.88. The number of ether oxygens (including phenoxy) is 2. The Morgan fingerprint density at radius 1 is 0.864 bits per heavy atom. The van der Waals surface area contributed by atoms with Crippen LogP contribution >= 0.6 is 0 Å². The highest BCUT2D eigenvalue weighted by atomic mass is 16.5. The largest absolute Gasteiger partial charge is 0.508 e. The van der Waals surface area contributed by atoms with Gasteiger partial charge in [0.25, 0.3) is 11.8 Å². The molecule has 13 nitrogen and oxygen atoms in total. The van der Waals surface area contributed by atoms with Crippen molar-refractivity contribution in [2.24, 2.45) is 11.8 Å².